The second kappa shape index (κ2) is 4.90. The zero-order valence-electron chi connectivity index (χ0n) is 10.4. The van der Waals surface area contributed by atoms with Gasteiger partial charge in [-0.2, -0.15) is 0 Å². The molecule has 0 radical (unpaired) electrons. The summed E-state index contributed by atoms with van der Waals surface area (Å²) < 4.78 is 14.1. The van der Waals surface area contributed by atoms with E-state index in [-0.39, 0.29) is 17.8 Å². The van der Waals surface area contributed by atoms with Crippen molar-refractivity contribution in [3.8, 4) is 0 Å². The molecule has 0 aliphatic carbocycles. The summed E-state index contributed by atoms with van der Waals surface area (Å²) in [6, 6.07) is 6.44. The number of likely N-dealkylation sites (tertiary alicyclic amines) is 1. The molecule has 0 unspecified atom stereocenters. The van der Waals surface area contributed by atoms with Crippen LogP contribution in [0.2, 0.25) is 0 Å². The molecule has 19 heavy (non-hydrogen) atoms. The number of fused-ring (bicyclic) bond motifs is 1. The van der Waals surface area contributed by atoms with Crippen LogP contribution >= 0.6 is 11.3 Å². The number of hydrogen-bond donors (Lipinski definition) is 1. The number of piperidine rings is 1. The summed E-state index contributed by atoms with van der Waals surface area (Å²) in [5.74, 6) is -0.263. The third-order valence-corrected chi connectivity index (χ3v) is 4.54. The fourth-order valence-corrected chi connectivity index (χ4v) is 3.48. The highest BCUT2D eigenvalue weighted by molar-refractivity contribution is 7.20. The summed E-state index contributed by atoms with van der Waals surface area (Å²) in [5, 5.41) is 0.787. The number of thiophene rings is 1. The summed E-state index contributed by atoms with van der Waals surface area (Å²) in [5.41, 5.74) is 5.90. The number of nitrogens with zero attached hydrogens (tertiary/aromatic N) is 1. The molecule has 2 heterocycles. The first-order valence-electron chi connectivity index (χ1n) is 6.37. The van der Waals surface area contributed by atoms with Crippen LogP contribution < -0.4 is 5.73 Å². The first-order valence-corrected chi connectivity index (χ1v) is 7.19. The van der Waals surface area contributed by atoms with Crippen LogP contribution in [0.15, 0.2) is 24.3 Å². The molecule has 100 valence electrons. The molecule has 2 N–H and O–H groups in total. The summed E-state index contributed by atoms with van der Waals surface area (Å²) in [6.07, 6.45) is 1.92. The summed E-state index contributed by atoms with van der Waals surface area (Å²) in [7, 11) is 0. The van der Waals surface area contributed by atoms with E-state index in [0.29, 0.717) is 11.4 Å². The predicted molar refractivity (Wildman–Crippen MR) is 74.9 cm³/mol. The van der Waals surface area contributed by atoms with Crippen molar-refractivity contribution in [3.05, 3.63) is 35.0 Å². The third-order valence-electron chi connectivity index (χ3n) is 3.43. The summed E-state index contributed by atoms with van der Waals surface area (Å²) >= 11 is 1.41. The number of carbonyl (C=O) groups is 1. The Labute approximate surface area is 114 Å². The van der Waals surface area contributed by atoms with Gasteiger partial charge in [0, 0.05) is 23.8 Å². The Morgan fingerprint density at radius 3 is 3.05 bits per heavy atom. The van der Waals surface area contributed by atoms with Gasteiger partial charge in [0.15, 0.2) is 0 Å². The number of nitrogens with two attached hydrogens (primary N) is 1. The molecule has 3 rings (SSSR count). The van der Waals surface area contributed by atoms with E-state index in [9.17, 15) is 9.18 Å². The average Bonchev–Trinajstić information content (AvgIpc) is 2.80. The highest BCUT2D eigenvalue weighted by Gasteiger charge is 2.23. The predicted octanol–water partition coefficient (Wildman–Crippen LogP) is 2.60. The molecule has 1 amide bonds. The lowest BCUT2D eigenvalue weighted by Crippen LogP contribution is -2.45. The molecule has 0 saturated carbocycles. The van der Waals surface area contributed by atoms with Gasteiger partial charge in [-0.25, -0.2) is 4.39 Å². The Kier molecular flexibility index (Phi) is 3.24. The van der Waals surface area contributed by atoms with Gasteiger partial charge in [0.05, 0.1) is 4.88 Å². The maximum absolute atomic E-state index is 13.1. The van der Waals surface area contributed by atoms with E-state index in [4.69, 9.17) is 5.73 Å². The number of hydrogen-bond acceptors (Lipinski definition) is 3. The largest absolute Gasteiger partial charge is 0.336 e. The highest BCUT2D eigenvalue weighted by atomic mass is 32.1. The zero-order chi connectivity index (χ0) is 13.4. The fraction of sp³-hybridized carbons (Fsp3) is 0.357. The molecule has 0 bridgehead atoms. The molecule has 1 fully saturated rings. The van der Waals surface area contributed by atoms with E-state index >= 15 is 0 Å². The Morgan fingerprint density at radius 2 is 2.26 bits per heavy atom. The van der Waals surface area contributed by atoms with Crippen LogP contribution in [0.3, 0.4) is 0 Å². The van der Waals surface area contributed by atoms with Crippen molar-refractivity contribution in [2.75, 3.05) is 13.1 Å². The van der Waals surface area contributed by atoms with Crippen molar-refractivity contribution in [2.24, 2.45) is 5.73 Å². The van der Waals surface area contributed by atoms with Gasteiger partial charge < -0.3 is 10.6 Å². The Morgan fingerprint density at radius 1 is 1.42 bits per heavy atom. The van der Waals surface area contributed by atoms with Crippen molar-refractivity contribution in [3.63, 3.8) is 0 Å². The Bertz CT molecular complexity index is 625. The minimum atomic E-state index is -0.274. The molecule has 1 aromatic heterocycles. The minimum absolute atomic E-state index is 0.0109. The number of benzene rings is 1. The maximum atomic E-state index is 13.1. The first kappa shape index (κ1) is 12.6. The van der Waals surface area contributed by atoms with Crippen LogP contribution in [0.5, 0.6) is 0 Å². The minimum Gasteiger partial charge on any atom is -0.336 e. The molecule has 1 aromatic carbocycles. The van der Waals surface area contributed by atoms with Gasteiger partial charge in [-0.1, -0.05) is 0 Å². The van der Waals surface area contributed by atoms with Gasteiger partial charge in [-0.05, 0) is 42.5 Å². The molecule has 1 aliphatic rings. The number of carbonyl (C=O) groups excluding carboxylic acids is 1. The van der Waals surface area contributed by atoms with E-state index in [1.807, 2.05) is 0 Å². The van der Waals surface area contributed by atoms with E-state index in [0.717, 1.165) is 29.5 Å². The summed E-state index contributed by atoms with van der Waals surface area (Å²) in [6.45, 7) is 1.37. The Hall–Kier alpha value is -1.46. The van der Waals surface area contributed by atoms with Crippen molar-refractivity contribution in [2.45, 2.75) is 18.9 Å². The normalized spacial score (nSPS) is 19.9. The van der Waals surface area contributed by atoms with Crippen molar-refractivity contribution >= 4 is 27.3 Å². The lowest BCUT2D eigenvalue weighted by Gasteiger charge is -2.30. The quantitative estimate of drug-likeness (QED) is 0.871. The monoisotopic (exact) mass is 278 g/mol. The van der Waals surface area contributed by atoms with Gasteiger partial charge in [-0.15, -0.1) is 11.3 Å². The van der Waals surface area contributed by atoms with Gasteiger partial charge in [0.1, 0.15) is 5.82 Å². The molecule has 1 aliphatic heterocycles. The van der Waals surface area contributed by atoms with E-state index in [2.05, 4.69) is 0 Å². The second-order valence-corrected chi connectivity index (χ2v) is 6.03. The SMILES string of the molecule is N[C@@H]1CCCN(C(=O)c2cc3cc(F)ccc3s2)C1. The molecular weight excluding hydrogens is 263 g/mol. The molecular formula is C14H15FN2OS. The van der Waals surface area contributed by atoms with Crippen LogP contribution in [0.25, 0.3) is 10.1 Å². The molecule has 0 spiro atoms. The van der Waals surface area contributed by atoms with Gasteiger partial charge in [0.25, 0.3) is 5.91 Å². The van der Waals surface area contributed by atoms with E-state index in [1.165, 1.54) is 23.5 Å². The zero-order valence-corrected chi connectivity index (χ0v) is 11.3. The third kappa shape index (κ3) is 2.48. The van der Waals surface area contributed by atoms with Crippen LogP contribution in [0.4, 0.5) is 4.39 Å². The van der Waals surface area contributed by atoms with Gasteiger partial charge >= 0.3 is 0 Å². The first-order chi connectivity index (χ1) is 9.13. The summed E-state index contributed by atoms with van der Waals surface area (Å²) in [4.78, 5) is 14.8. The topological polar surface area (TPSA) is 46.3 Å². The van der Waals surface area contributed by atoms with Gasteiger partial charge in [0.2, 0.25) is 0 Å². The smallest absolute Gasteiger partial charge is 0.264 e. The molecule has 3 nitrogen and oxygen atoms in total. The molecule has 2 aromatic rings. The number of halogens is 1. The van der Waals surface area contributed by atoms with Crippen LogP contribution in [0, 0.1) is 5.82 Å². The lowest BCUT2D eigenvalue weighted by atomic mass is 10.1. The lowest BCUT2D eigenvalue weighted by molar-refractivity contribution is 0.0714. The highest BCUT2D eigenvalue weighted by Crippen LogP contribution is 2.27. The second-order valence-electron chi connectivity index (χ2n) is 4.95. The van der Waals surface area contributed by atoms with Crippen molar-refractivity contribution < 1.29 is 9.18 Å². The fourth-order valence-electron chi connectivity index (χ4n) is 2.47. The number of rotatable bonds is 1. The molecule has 1 saturated heterocycles. The van der Waals surface area contributed by atoms with Gasteiger partial charge in [-0.3, -0.25) is 4.79 Å². The Balaban J connectivity index is 1.88. The van der Waals surface area contributed by atoms with E-state index < -0.39 is 0 Å². The van der Waals surface area contributed by atoms with Crippen molar-refractivity contribution in [1.29, 1.82) is 0 Å². The van der Waals surface area contributed by atoms with E-state index in [1.54, 1.807) is 17.0 Å². The molecule has 1 atom stereocenters. The van der Waals surface area contributed by atoms with Crippen LogP contribution in [-0.4, -0.2) is 29.9 Å². The average molecular weight is 278 g/mol. The molecule has 5 heteroatoms. The standard InChI is InChI=1S/C14H15FN2OS/c15-10-3-4-12-9(6-10)7-13(19-12)14(18)17-5-1-2-11(16)8-17/h3-4,6-7,11H,1-2,5,8,16H2/t11-/m1/s1. The maximum Gasteiger partial charge on any atom is 0.264 e. The van der Waals surface area contributed by atoms with Crippen LogP contribution in [0.1, 0.15) is 22.5 Å². The number of amides is 1. The van der Waals surface area contributed by atoms with Crippen LogP contribution in [-0.2, 0) is 0 Å². The van der Waals surface area contributed by atoms with Crippen molar-refractivity contribution in [1.82, 2.24) is 4.90 Å².